The van der Waals surface area contributed by atoms with E-state index < -0.39 is 0 Å². The van der Waals surface area contributed by atoms with Gasteiger partial charge in [-0.15, -0.1) is 0 Å². The fourth-order valence-corrected chi connectivity index (χ4v) is 4.37. The van der Waals surface area contributed by atoms with Crippen molar-refractivity contribution in [1.29, 1.82) is 0 Å². The van der Waals surface area contributed by atoms with Gasteiger partial charge in [0.05, 0.1) is 22.6 Å². The molecular weight excluding hydrogens is 398 g/mol. The summed E-state index contributed by atoms with van der Waals surface area (Å²) in [6, 6.07) is 13.3. The summed E-state index contributed by atoms with van der Waals surface area (Å²) < 4.78 is 1.73. The van der Waals surface area contributed by atoms with Crippen molar-refractivity contribution in [3.8, 4) is 5.69 Å². The number of nitrogens with zero attached hydrogens (tertiary/aromatic N) is 3. The fraction of sp³-hybridized carbons (Fsp3) is 0.444. The third-order valence-corrected chi connectivity index (χ3v) is 5.82. The molecule has 0 aliphatic rings. The van der Waals surface area contributed by atoms with Gasteiger partial charge < -0.3 is 4.90 Å². The Morgan fingerprint density at radius 2 is 1.81 bits per heavy atom. The minimum absolute atomic E-state index is 0.0937. The molecule has 1 heterocycles. The predicted molar refractivity (Wildman–Crippen MR) is 131 cm³/mol. The lowest BCUT2D eigenvalue weighted by Gasteiger charge is -2.33. The monoisotopic (exact) mass is 433 g/mol. The number of hydrogen-bond donors (Lipinski definition) is 0. The molecule has 0 N–H and O–H groups in total. The minimum atomic E-state index is -0.279. The number of aryl methyl sites for hydroxylation is 2. The van der Waals surface area contributed by atoms with Crippen LogP contribution in [0.4, 0.5) is 0 Å². The Kier molecular flexibility index (Phi) is 7.49. The molecule has 1 atom stereocenters. The normalized spacial score (nSPS) is 12.3. The van der Waals surface area contributed by atoms with Gasteiger partial charge in [0.15, 0.2) is 0 Å². The maximum atomic E-state index is 13.8. The van der Waals surface area contributed by atoms with Crippen LogP contribution in [0.25, 0.3) is 16.6 Å². The SMILES string of the molecule is CCCN(C(=O)CC(C)C)C(CC)c1nc2ccccc2c(=O)n1-c1ccc(C)cc1C. The Morgan fingerprint density at radius 3 is 2.44 bits per heavy atom. The van der Waals surface area contributed by atoms with Gasteiger partial charge in [-0.2, -0.15) is 0 Å². The zero-order valence-electron chi connectivity index (χ0n) is 20.2. The summed E-state index contributed by atoms with van der Waals surface area (Å²) in [5, 5.41) is 0.585. The lowest BCUT2D eigenvalue weighted by molar-refractivity contribution is -0.134. The number of para-hydroxylation sites is 1. The van der Waals surface area contributed by atoms with Gasteiger partial charge in [0.2, 0.25) is 5.91 Å². The van der Waals surface area contributed by atoms with Crippen molar-refractivity contribution in [2.45, 2.75) is 66.8 Å². The lowest BCUT2D eigenvalue weighted by atomic mass is 10.0. The molecule has 32 heavy (non-hydrogen) atoms. The minimum Gasteiger partial charge on any atom is -0.333 e. The van der Waals surface area contributed by atoms with Gasteiger partial charge in [0.1, 0.15) is 5.82 Å². The lowest BCUT2D eigenvalue weighted by Crippen LogP contribution is -2.39. The maximum Gasteiger partial charge on any atom is 0.266 e. The Balaban J connectivity index is 2.31. The smallest absolute Gasteiger partial charge is 0.266 e. The topological polar surface area (TPSA) is 55.2 Å². The average molecular weight is 434 g/mol. The number of amides is 1. The summed E-state index contributed by atoms with van der Waals surface area (Å²) in [5.74, 6) is 1.02. The van der Waals surface area contributed by atoms with Crippen LogP contribution in [0.2, 0.25) is 0 Å². The predicted octanol–water partition coefficient (Wildman–Crippen LogP) is 5.74. The van der Waals surface area contributed by atoms with Gasteiger partial charge >= 0.3 is 0 Å². The summed E-state index contributed by atoms with van der Waals surface area (Å²) in [5.41, 5.74) is 3.54. The number of carbonyl (C=O) groups excluding carboxylic acids is 1. The van der Waals surface area contributed by atoms with E-state index >= 15 is 0 Å². The fourth-order valence-electron chi connectivity index (χ4n) is 4.37. The summed E-state index contributed by atoms with van der Waals surface area (Å²) in [6.07, 6.45) is 2.01. The number of aromatic nitrogens is 2. The number of fused-ring (bicyclic) bond motifs is 1. The van der Waals surface area contributed by atoms with Crippen LogP contribution in [-0.2, 0) is 4.79 Å². The summed E-state index contributed by atoms with van der Waals surface area (Å²) in [6.45, 7) is 13.0. The number of hydrogen-bond acceptors (Lipinski definition) is 3. The van der Waals surface area contributed by atoms with Crippen LogP contribution in [0, 0.1) is 19.8 Å². The van der Waals surface area contributed by atoms with E-state index in [0.717, 1.165) is 23.2 Å². The first-order valence-corrected chi connectivity index (χ1v) is 11.7. The molecule has 0 saturated carbocycles. The van der Waals surface area contributed by atoms with Crippen molar-refractivity contribution in [3.63, 3.8) is 0 Å². The Morgan fingerprint density at radius 1 is 1.09 bits per heavy atom. The highest BCUT2D eigenvalue weighted by Crippen LogP contribution is 2.28. The Labute approximate surface area is 191 Å². The highest BCUT2D eigenvalue weighted by Gasteiger charge is 2.29. The van der Waals surface area contributed by atoms with E-state index in [0.29, 0.717) is 36.1 Å². The molecule has 0 spiro atoms. The third kappa shape index (κ3) is 4.77. The van der Waals surface area contributed by atoms with Crippen LogP contribution in [0.1, 0.15) is 70.0 Å². The van der Waals surface area contributed by atoms with Crippen molar-refractivity contribution in [3.05, 3.63) is 69.8 Å². The second-order valence-electron chi connectivity index (χ2n) is 9.03. The van der Waals surface area contributed by atoms with Crippen LogP contribution < -0.4 is 5.56 Å². The molecule has 0 fully saturated rings. The Hall–Kier alpha value is -2.95. The van der Waals surface area contributed by atoms with Crippen LogP contribution in [0.15, 0.2) is 47.3 Å². The zero-order chi connectivity index (χ0) is 23.4. The van der Waals surface area contributed by atoms with Gasteiger partial charge in [-0.1, -0.05) is 57.5 Å². The van der Waals surface area contributed by atoms with Gasteiger partial charge in [-0.25, -0.2) is 4.98 Å². The van der Waals surface area contributed by atoms with Gasteiger partial charge in [0.25, 0.3) is 5.56 Å². The molecule has 0 aliphatic carbocycles. The first kappa shape index (κ1) is 23.7. The molecular formula is C27H35N3O2. The molecule has 2 aromatic carbocycles. The van der Waals surface area contributed by atoms with Crippen molar-refractivity contribution in [2.24, 2.45) is 5.92 Å². The largest absolute Gasteiger partial charge is 0.333 e. The standard InChI is InChI=1S/C27H35N3O2/c1-7-15-29(25(31)16-18(3)4)23(8-2)26-28-22-12-10-9-11-21(22)27(32)30(26)24-14-13-19(5)17-20(24)6/h9-14,17-18,23H,7-8,15-16H2,1-6H3. The molecule has 170 valence electrons. The second kappa shape index (κ2) is 10.1. The number of carbonyl (C=O) groups is 1. The molecule has 1 amide bonds. The molecule has 0 bridgehead atoms. The van der Waals surface area contributed by atoms with Crippen LogP contribution in [-0.4, -0.2) is 26.9 Å². The van der Waals surface area contributed by atoms with Gasteiger partial charge in [0, 0.05) is 13.0 Å². The van der Waals surface area contributed by atoms with E-state index in [1.54, 1.807) is 4.57 Å². The van der Waals surface area contributed by atoms with E-state index in [4.69, 9.17) is 4.98 Å². The molecule has 0 radical (unpaired) electrons. The van der Waals surface area contributed by atoms with Crippen molar-refractivity contribution < 1.29 is 4.79 Å². The van der Waals surface area contributed by atoms with Crippen LogP contribution >= 0.6 is 0 Å². The van der Waals surface area contributed by atoms with Crippen LogP contribution in [0.3, 0.4) is 0 Å². The molecule has 0 saturated heterocycles. The van der Waals surface area contributed by atoms with Crippen molar-refractivity contribution >= 4 is 16.8 Å². The molecule has 5 heteroatoms. The van der Waals surface area contributed by atoms with E-state index in [1.807, 2.05) is 55.1 Å². The quantitative estimate of drug-likeness (QED) is 0.455. The highest BCUT2D eigenvalue weighted by atomic mass is 16.2. The number of rotatable bonds is 8. The summed E-state index contributed by atoms with van der Waals surface area (Å²) in [7, 11) is 0. The molecule has 0 aliphatic heterocycles. The van der Waals surface area contributed by atoms with E-state index in [2.05, 4.69) is 33.8 Å². The van der Waals surface area contributed by atoms with E-state index in [1.165, 1.54) is 0 Å². The first-order valence-electron chi connectivity index (χ1n) is 11.7. The molecule has 1 aromatic heterocycles. The third-order valence-electron chi connectivity index (χ3n) is 5.82. The molecule has 1 unspecified atom stereocenters. The van der Waals surface area contributed by atoms with E-state index in [9.17, 15) is 9.59 Å². The van der Waals surface area contributed by atoms with Crippen LogP contribution in [0.5, 0.6) is 0 Å². The maximum absolute atomic E-state index is 13.8. The van der Waals surface area contributed by atoms with E-state index in [-0.39, 0.29) is 23.4 Å². The first-order chi connectivity index (χ1) is 15.3. The van der Waals surface area contributed by atoms with Gasteiger partial charge in [-0.05, 0) is 56.4 Å². The summed E-state index contributed by atoms with van der Waals surface area (Å²) >= 11 is 0. The zero-order valence-corrected chi connectivity index (χ0v) is 20.2. The summed E-state index contributed by atoms with van der Waals surface area (Å²) in [4.78, 5) is 33.9. The second-order valence-corrected chi connectivity index (χ2v) is 9.03. The highest BCUT2D eigenvalue weighted by molar-refractivity contribution is 5.79. The van der Waals surface area contributed by atoms with Crippen molar-refractivity contribution in [1.82, 2.24) is 14.5 Å². The molecule has 3 aromatic rings. The number of benzene rings is 2. The van der Waals surface area contributed by atoms with Crippen molar-refractivity contribution in [2.75, 3.05) is 6.54 Å². The van der Waals surface area contributed by atoms with Gasteiger partial charge in [-0.3, -0.25) is 14.2 Å². The Bertz CT molecular complexity index is 1160. The molecule has 3 rings (SSSR count). The average Bonchev–Trinajstić information content (AvgIpc) is 2.74. The molecule has 5 nitrogen and oxygen atoms in total.